The van der Waals surface area contributed by atoms with Crippen molar-refractivity contribution >= 4 is 0 Å². The molecule has 4 N–H and O–H groups in total. The highest BCUT2D eigenvalue weighted by Crippen LogP contribution is 2.39. The third-order valence-corrected chi connectivity index (χ3v) is 4.85. The lowest BCUT2D eigenvalue weighted by molar-refractivity contribution is 0.0734. The Bertz CT molecular complexity index is 285. The van der Waals surface area contributed by atoms with Crippen molar-refractivity contribution in [1.82, 2.24) is 15.5 Å². The van der Waals surface area contributed by atoms with E-state index >= 15 is 0 Å². The normalized spacial score (nSPS) is 24.6. The topological polar surface area (TPSA) is 53.3 Å². The van der Waals surface area contributed by atoms with Gasteiger partial charge in [0.25, 0.3) is 0 Å². The molecule has 0 unspecified atom stereocenters. The Morgan fingerprint density at radius 1 is 1.26 bits per heavy atom. The van der Waals surface area contributed by atoms with E-state index in [4.69, 9.17) is 5.73 Å². The molecule has 0 amide bonds. The Morgan fingerprint density at radius 3 is 2.58 bits per heavy atom. The second-order valence-electron chi connectivity index (χ2n) is 6.20. The van der Waals surface area contributed by atoms with E-state index < -0.39 is 0 Å². The van der Waals surface area contributed by atoms with Crippen LogP contribution >= 0.6 is 0 Å². The fourth-order valence-corrected chi connectivity index (χ4v) is 3.47. The summed E-state index contributed by atoms with van der Waals surface area (Å²) in [6.07, 6.45) is 9.66. The first kappa shape index (κ1) is 14.7. The maximum Gasteiger partial charge on any atom is 0.0240 e. The number of rotatable bonds is 5. The summed E-state index contributed by atoms with van der Waals surface area (Å²) >= 11 is 0. The van der Waals surface area contributed by atoms with Crippen LogP contribution in [0.2, 0.25) is 0 Å². The third-order valence-electron chi connectivity index (χ3n) is 4.85. The summed E-state index contributed by atoms with van der Waals surface area (Å²) in [5.74, 6) is 0. The minimum Gasteiger partial charge on any atom is -0.401 e. The van der Waals surface area contributed by atoms with Crippen LogP contribution in [0.1, 0.15) is 38.5 Å². The van der Waals surface area contributed by atoms with Crippen molar-refractivity contribution in [2.24, 2.45) is 11.1 Å². The average Bonchev–Trinajstić information content (AvgIpc) is 2.43. The van der Waals surface area contributed by atoms with Crippen LogP contribution in [0.4, 0.5) is 0 Å². The van der Waals surface area contributed by atoms with Gasteiger partial charge in [0.2, 0.25) is 0 Å². The summed E-state index contributed by atoms with van der Waals surface area (Å²) < 4.78 is 0. The molecule has 0 aliphatic carbocycles. The summed E-state index contributed by atoms with van der Waals surface area (Å²) in [4.78, 5) is 2.62. The molecule has 4 nitrogen and oxygen atoms in total. The minimum atomic E-state index is 0.673. The molecule has 0 saturated carbocycles. The first-order valence-corrected chi connectivity index (χ1v) is 7.79. The van der Waals surface area contributed by atoms with E-state index in [9.17, 15) is 0 Å². The van der Waals surface area contributed by atoms with Crippen molar-refractivity contribution in [2.75, 3.05) is 39.8 Å². The largest absolute Gasteiger partial charge is 0.401 e. The number of hydrogen-bond acceptors (Lipinski definition) is 4. The molecule has 2 saturated heterocycles. The van der Waals surface area contributed by atoms with Crippen LogP contribution in [-0.2, 0) is 0 Å². The highest BCUT2D eigenvalue weighted by atomic mass is 15.1. The third kappa shape index (κ3) is 4.39. The lowest BCUT2D eigenvalue weighted by Crippen LogP contribution is -2.45. The SMILES string of the molecule is CN/C=C(\N)CCCN1CCC2(CCNCC2)CC1. The maximum atomic E-state index is 5.88. The molecule has 2 aliphatic rings. The van der Waals surface area contributed by atoms with Gasteiger partial charge in [-0.05, 0) is 76.7 Å². The van der Waals surface area contributed by atoms with Gasteiger partial charge in [0, 0.05) is 18.9 Å². The fourth-order valence-electron chi connectivity index (χ4n) is 3.47. The quantitative estimate of drug-likeness (QED) is 0.701. The molecule has 2 rings (SSSR count). The number of piperidine rings is 2. The monoisotopic (exact) mass is 266 g/mol. The molecule has 0 aromatic rings. The Kier molecular flexibility index (Phi) is 5.52. The van der Waals surface area contributed by atoms with Gasteiger partial charge in [-0.2, -0.15) is 0 Å². The van der Waals surface area contributed by atoms with Crippen molar-refractivity contribution in [3.8, 4) is 0 Å². The van der Waals surface area contributed by atoms with Gasteiger partial charge in [0.15, 0.2) is 0 Å². The van der Waals surface area contributed by atoms with Crippen LogP contribution in [0.5, 0.6) is 0 Å². The molecule has 110 valence electrons. The Hall–Kier alpha value is -0.740. The van der Waals surface area contributed by atoms with E-state index in [0.29, 0.717) is 5.41 Å². The fraction of sp³-hybridized carbons (Fsp3) is 0.867. The highest BCUT2D eigenvalue weighted by Gasteiger charge is 2.35. The number of likely N-dealkylation sites (tertiary alicyclic amines) is 1. The van der Waals surface area contributed by atoms with E-state index in [1.807, 2.05) is 13.2 Å². The lowest BCUT2D eigenvalue weighted by Gasteiger charge is -2.44. The van der Waals surface area contributed by atoms with Gasteiger partial charge in [-0.15, -0.1) is 0 Å². The number of nitrogens with two attached hydrogens (primary N) is 1. The summed E-state index contributed by atoms with van der Waals surface area (Å²) in [6.45, 7) is 6.23. The number of nitrogens with one attached hydrogen (secondary N) is 2. The van der Waals surface area contributed by atoms with Gasteiger partial charge in [0.05, 0.1) is 0 Å². The zero-order valence-electron chi connectivity index (χ0n) is 12.4. The van der Waals surface area contributed by atoms with E-state index in [1.165, 1.54) is 64.8 Å². The zero-order valence-corrected chi connectivity index (χ0v) is 12.4. The molecular formula is C15H30N4. The van der Waals surface area contributed by atoms with Crippen molar-refractivity contribution in [3.63, 3.8) is 0 Å². The molecule has 4 heteroatoms. The second-order valence-corrected chi connectivity index (χ2v) is 6.20. The number of allylic oxidation sites excluding steroid dienone is 1. The zero-order chi connectivity index (χ0) is 13.6. The number of hydrogen-bond donors (Lipinski definition) is 3. The van der Waals surface area contributed by atoms with Crippen molar-refractivity contribution in [1.29, 1.82) is 0 Å². The predicted molar refractivity (Wildman–Crippen MR) is 80.8 cm³/mol. The molecule has 2 heterocycles. The first-order valence-electron chi connectivity index (χ1n) is 7.79. The molecule has 2 fully saturated rings. The highest BCUT2D eigenvalue weighted by molar-refractivity contribution is 4.94. The Morgan fingerprint density at radius 2 is 1.95 bits per heavy atom. The molecule has 19 heavy (non-hydrogen) atoms. The smallest absolute Gasteiger partial charge is 0.0240 e. The summed E-state index contributed by atoms with van der Waals surface area (Å²) in [5.41, 5.74) is 7.53. The molecule has 0 radical (unpaired) electrons. The van der Waals surface area contributed by atoms with Crippen LogP contribution in [0, 0.1) is 5.41 Å². The van der Waals surface area contributed by atoms with Crippen molar-refractivity contribution < 1.29 is 0 Å². The lowest BCUT2D eigenvalue weighted by atomic mass is 9.71. The van der Waals surface area contributed by atoms with Crippen LogP contribution in [0.15, 0.2) is 11.9 Å². The summed E-state index contributed by atoms with van der Waals surface area (Å²) in [6, 6.07) is 0. The van der Waals surface area contributed by atoms with Gasteiger partial charge in [0.1, 0.15) is 0 Å². The Labute approximate surface area is 117 Å². The molecule has 0 atom stereocenters. The molecule has 1 spiro atoms. The van der Waals surface area contributed by atoms with Gasteiger partial charge in [-0.25, -0.2) is 0 Å². The van der Waals surface area contributed by atoms with Crippen LogP contribution in [0.3, 0.4) is 0 Å². The average molecular weight is 266 g/mol. The molecule has 2 aliphatic heterocycles. The molecule has 0 aromatic heterocycles. The second kappa shape index (κ2) is 7.15. The van der Waals surface area contributed by atoms with Crippen LogP contribution in [0.25, 0.3) is 0 Å². The van der Waals surface area contributed by atoms with Gasteiger partial charge >= 0.3 is 0 Å². The van der Waals surface area contributed by atoms with E-state index in [2.05, 4.69) is 15.5 Å². The van der Waals surface area contributed by atoms with Crippen LogP contribution in [-0.4, -0.2) is 44.7 Å². The molecular weight excluding hydrogens is 236 g/mol. The van der Waals surface area contributed by atoms with E-state index in [0.717, 1.165) is 12.1 Å². The van der Waals surface area contributed by atoms with E-state index in [1.54, 1.807) is 0 Å². The van der Waals surface area contributed by atoms with Gasteiger partial charge < -0.3 is 21.3 Å². The first-order chi connectivity index (χ1) is 9.24. The summed E-state index contributed by atoms with van der Waals surface area (Å²) in [7, 11) is 1.90. The molecule has 0 aromatic carbocycles. The van der Waals surface area contributed by atoms with E-state index in [-0.39, 0.29) is 0 Å². The van der Waals surface area contributed by atoms with Crippen molar-refractivity contribution in [3.05, 3.63) is 11.9 Å². The summed E-state index contributed by atoms with van der Waals surface area (Å²) in [5, 5.41) is 6.47. The van der Waals surface area contributed by atoms with Crippen molar-refractivity contribution in [2.45, 2.75) is 38.5 Å². The van der Waals surface area contributed by atoms with Crippen LogP contribution < -0.4 is 16.4 Å². The maximum absolute atomic E-state index is 5.88. The standard InChI is InChI=1S/C15H30N4/c1-17-13-14(16)3-2-10-19-11-6-15(7-12-19)4-8-18-9-5-15/h13,17-18H,2-12,16H2,1H3/b14-13-. The Balaban J connectivity index is 1.64. The number of nitrogens with zero attached hydrogens (tertiary/aromatic N) is 1. The minimum absolute atomic E-state index is 0.673. The molecule has 0 bridgehead atoms. The van der Waals surface area contributed by atoms with Gasteiger partial charge in [-0.3, -0.25) is 0 Å². The van der Waals surface area contributed by atoms with Gasteiger partial charge in [-0.1, -0.05) is 0 Å². The predicted octanol–water partition coefficient (Wildman–Crippen LogP) is 1.25.